The first-order valence-electron chi connectivity index (χ1n) is 6.19. The highest BCUT2D eigenvalue weighted by atomic mass is 16.5. The van der Waals surface area contributed by atoms with E-state index in [1.54, 1.807) is 7.11 Å². The van der Waals surface area contributed by atoms with Crippen molar-refractivity contribution in [3.63, 3.8) is 0 Å². The molecule has 2 rings (SSSR count). The molecule has 0 saturated carbocycles. The Morgan fingerprint density at radius 1 is 1.30 bits per heavy atom. The Hall–Kier alpha value is -2.27. The molecule has 2 aromatic carbocycles. The molecule has 0 aliphatic rings. The molecule has 0 aromatic heterocycles. The fourth-order valence-electron chi connectivity index (χ4n) is 2.26. The monoisotopic (exact) mass is 275 g/mol. The molecule has 20 heavy (non-hydrogen) atoms. The quantitative estimate of drug-likeness (QED) is 0.869. The zero-order valence-electron chi connectivity index (χ0n) is 11.4. The van der Waals surface area contributed by atoms with Gasteiger partial charge in [-0.2, -0.15) is 0 Å². The predicted octanol–water partition coefficient (Wildman–Crippen LogP) is 1.81. The molecular weight excluding hydrogens is 258 g/mol. The average Bonchev–Trinajstić information content (AvgIpc) is 2.46. The third kappa shape index (κ3) is 2.53. The van der Waals surface area contributed by atoms with Crippen molar-refractivity contribution in [1.82, 2.24) is 0 Å². The molecule has 0 spiro atoms. The van der Waals surface area contributed by atoms with Crippen LogP contribution in [0.15, 0.2) is 30.3 Å². The number of rotatable bonds is 5. The van der Waals surface area contributed by atoms with Crippen LogP contribution in [0, 0.1) is 0 Å². The molecular formula is C15H17NO4. The lowest BCUT2D eigenvalue weighted by Crippen LogP contribution is -2.32. The minimum atomic E-state index is -1.04. The molecule has 5 nitrogen and oxygen atoms in total. The molecule has 0 amide bonds. The molecule has 0 radical (unpaired) electrons. The molecule has 1 unspecified atom stereocenters. The summed E-state index contributed by atoms with van der Waals surface area (Å²) < 4.78 is 10.7. The molecule has 1 atom stereocenters. The smallest absolute Gasteiger partial charge is 0.320 e. The van der Waals surface area contributed by atoms with Crippen LogP contribution in [0.2, 0.25) is 0 Å². The SMILES string of the molecule is COc1cc2ccccc2c(CC(N)C(=O)O)c1OC. The number of hydrogen-bond donors (Lipinski definition) is 2. The molecule has 5 heteroatoms. The summed E-state index contributed by atoms with van der Waals surface area (Å²) >= 11 is 0. The van der Waals surface area contributed by atoms with Gasteiger partial charge in [0.15, 0.2) is 11.5 Å². The fraction of sp³-hybridized carbons (Fsp3) is 0.267. The van der Waals surface area contributed by atoms with E-state index in [2.05, 4.69) is 0 Å². The molecule has 0 heterocycles. The number of ether oxygens (including phenoxy) is 2. The fourth-order valence-corrected chi connectivity index (χ4v) is 2.26. The van der Waals surface area contributed by atoms with E-state index in [9.17, 15) is 4.79 Å². The normalized spacial score (nSPS) is 12.2. The van der Waals surface area contributed by atoms with Crippen LogP contribution in [0.4, 0.5) is 0 Å². The van der Waals surface area contributed by atoms with Crippen LogP contribution < -0.4 is 15.2 Å². The van der Waals surface area contributed by atoms with Gasteiger partial charge in [0.2, 0.25) is 0 Å². The maximum atomic E-state index is 11.0. The van der Waals surface area contributed by atoms with E-state index in [-0.39, 0.29) is 6.42 Å². The van der Waals surface area contributed by atoms with Gasteiger partial charge in [0.25, 0.3) is 0 Å². The summed E-state index contributed by atoms with van der Waals surface area (Å²) in [5.74, 6) is 0.0562. The first-order valence-corrected chi connectivity index (χ1v) is 6.19. The largest absolute Gasteiger partial charge is 0.493 e. The van der Waals surface area contributed by atoms with Crippen molar-refractivity contribution in [2.75, 3.05) is 14.2 Å². The third-order valence-corrected chi connectivity index (χ3v) is 3.24. The van der Waals surface area contributed by atoms with Crippen LogP contribution in [0.1, 0.15) is 5.56 Å². The van der Waals surface area contributed by atoms with Crippen molar-refractivity contribution >= 4 is 16.7 Å². The Morgan fingerprint density at radius 2 is 2.00 bits per heavy atom. The molecule has 3 N–H and O–H groups in total. The lowest BCUT2D eigenvalue weighted by Gasteiger charge is -2.17. The van der Waals surface area contributed by atoms with Gasteiger partial charge in [-0.05, 0) is 16.8 Å². The molecule has 0 bridgehead atoms. The van der Waals surface area contributed by atoms with E-state index in [1.807, 2.05) is 30.3 Å². The summed E-state index contributed by atoms with van der Waals surface area (Å²) in [5, 5.41) is 10.9. The minimum absolute atomic E-state index is 0.177. The standard InChI is InChI=1S/C15H17NO4/c1-19-13-7-9-5-3-4-6-10(9)11(14(13)20-2)8-12(16)15(17)18/h3-7,12H,8,16H2,1-2H3,(H,17,18). The second-order valence-corrected chi connectivity index (χ2v) is 4.46. The van der Waals surface area contributed by atoms with Gasteiger partial charge >= 0.3 is 5.97 Å². The molecule has 0 aliphatic carbocycles. The molecule has 0 saturated heterocycles. The number of carboxylic acid groups (broad SMARTS) is 1. The number of carbonyl (C=O) groups is 1. The number of fused-ring (bicyclic) bond motifs is 1. The van der Waals surface area contributed by atoms with E-state index in [1.165, 1.54) is 7.11 Å². The van der Waals surface area contributed by atoms with Crippen LogP contribution in [-0.4, -0.2) is 31.3 Å². The predicted molar refractivity (Wildman–Crippen MR) is 76.4 cm³/mol. The Morgan fingerprint density at radius 3 is 2.60 bits per heavy atom. The van der Waals surface area contributed by atoms with Crippen LogP contribution in [0.3, 0.4) is 0 Å². The highest BCUT2D eigenvalue weighted by molar-refractivity contribution is 5.90. The van der Waals surface area contributed by atoms with Crippen LogP contribution >= 0.6 is 0 Å². The Labute approximate surface area is 116 Å². The number of benzene rings is 2. The summed E-state index contributed by atoms with van der Waals surface area (Å²) in [6.45, 7) is 0. The van der Waals surface area contributed by atoms with Crippen molar-refractivity contribution in [3.8, 4) is 11.5 Å². The highest BCUT2D eigenvalue weighted by Gasteiger charge is 2.20. The van der Waals surface area contributed by atoms with Crippen molar-refractivity contribution in [1.29, 1.82) is 0 Å². The lowest BCUT2D eigenvalue weighted by atomic mass is 9.97. The van der Waals surface area contributed by atoms with Gasteiger partial charge < -0.3 is 20.3 Å². The average molecular weight is 275 g/mol. The van der Waals surface area contributed by atoms with Crippen LogP contribution in [0.5, 0.6) is 11.5 Å². The highest BCUT2D eigenvalue weighted by Crippen LogP contribution is 2.38. The van der Waals surface area contributed by atoms with E-state index in [4.69, 9.17) is 20.3 Å². The van der Waals surface area contributed by atoms with Crippen LogP contribution in [0.25, 0.3) is 10.8 Å². The van der Waals surface area contributed by atoms with Gasteiger partial charge in [0, 0.05) is 12.0 Å². The maximum Gasteiger partial charge on any atom is 0.320 e. The summed E-state index contributed by atoms with van der Waals surface area (Å²) in [7, 11) is 3.08. The summed E-state index contributed by atoms with van der Waals surface area (Å²) in [5.41, 5.74) is 6.41. The summed E-state index contributed by atoms with van der Waals surface area (Å²) in [6.07, 6.45) is 0.177. The van der Waals surface area contributed by atoms with Crippen molar-refractivity contribution in [2.45, 2.75) is 12.5 Å². The number of nitrogens with two attached hydrogens (primary N) is 1. The molecule has 0 fully saturated rings. The first kappa shape index (κ1) is 14.1. The van der Waals surface area contributed by atoms with Crippen molar-refractivity contribution in [3.05, 3.63) is 35.9 Å². The second-order valence-electron chi connectivity index (χ2n) is 4.46. The number of aliphatic carboxylic acids is 1. The summed E-state index contributed by atoms with van der Waals surface area (Å²) in [6, 6.07) is 8.54. The second kappa shape index (κ2) is 5.79. The minimum Gasteiger partial charge on any atom is -0.493 e. The van der Waals surface area contributed by atoms with Gasteiger partial charge in [0.1, 0.15) is 6.04 Å². The third-order valence-electron chi connectivity index (χ3n) is 3.24. The van der Waals surface area contributed by atoms with Gasteiger partial charge in [-0.25, -0.2) is 0 Å². The van der Waals surface area contributed by atoms with E-state index >= 15 is 0 Å². The topological polar surface area (TPSA) is 81.8 Å². The Kier molecular flexibility index (Phi) is 4.10. The molecule has 0 aliphatic heterocycles. The van der Waals surface area contributed by atoms with E-state index in [0.29, 0.717) is 11.5 Å². The number of hydrogen-bond acceptors (Lipinski definition) is 4. The van der Waals surface area contributed by atoms with Crippen LogP contribution in [-0.2, 0) is 11.2 Å². The molecule has 106 valence electrons. The first-order chi connectivity index (χ1) is 9.58. The van der Waals surface area contributed by atoms with Gasteiger partial charge in [0.05, 0.1) is 14.2 Å². The maximum absolute atomic E-state index is 11.0. The lowest BCUT2D eigenvalue weighted by molar-refractivity contribution is -0.138. The summed E-state index contributed by atoms with van der Waals surface area (Å²) in [4.78, 5) is 11.0. The Balaban J connectivity index is 2.66. The van der Waals surface area contributed by atoms with Crippen molar-refractivity contribution in [2.24, 2.45) is 5.73 Å². The van der Waals surface area contributed by atoms with Crippen molar-refractivity contribution < 1.29 is 19.4 Å². The van der Waals surface area contributed by atoms with E-state index in [0.717, 1.165) is 16.3 Å². The van der Waals surface area contributed by atoms with Gasteiger partial charge in [-0.15, -0.1) is 0 Å². The zero-order chi connectivity index (χ0) is 14.7. The number of carboxylic acids is 1. The van der Waals surface area contributed by atoms with Gasteiger partial charge in [-0.3, -0.25) is 4.79 Å². The Bertz CT molecular complexity index is 639. The zero-order valence-corrected chi connectivity index (χ0v) is 11.4. The molecule has 2 aromatic rings. The van der Waals surface area contributed by atoms with E-state index < -0.39 is 12.0 Å². The number of methoxy groups -OCH3 is 2. The van der Waals surface area contributed by atoms with Gasteiger partial charge in [-0.1, -0.05) is 24.3 Å².